The Morgan fingerprint density at radius 3 is 2.76 bits per heavy atom. The van der Waals surface area contributed by atoms with Crippen LogP contribution in [0.4, 0.5) is 5.82 Å². The molecule has 0 amide bonds. The highest BCUT2D eigenvalue weighted by Crippen LogP contribution is 2.31. The molecule has 0 spiro atoms. The maximum atomic E-state index is 11.3. The van der Waals surface area contributed by atoms with E-state index < -0.39 is 5.97 Å². The third-order valence-corrected chi connectivity index (χ3v) is 4.24. The highest BCUT2D eigenvalue weighted by Gasteiger charge is 2.27. The van der Waals surface area contributed by atoms with Crippen molar-refractivity contribution < 1.29 is 15.0 Å². The van der Waals surface area contributed by atoms with E-state index in [2.05, 4.69) is 10.3 Å². The number of aromatic nitrogens is 1. The second-order valence-corrected chi connectivity index (χ2v) is 5.50. The van der Waals surface area contributed by atoms with E-state index in [1.807, 2.05) is 18.2 Å². The molecule has 5 nitrogen and oxygen atoms in total. The second-order valence-electron chi connectivity index (χ2n) is 5.50. The lowest BCUT2D eigenvalue weighted by atomic mass is 10.0. The number of carboxylic acid groups (broad SMARTS) is 1. The third kappa shape index (κ3) is 2.56. The summed E-state index contributed by atoms with van der Waals surface area (Å²) >= 11 is 0. The molecule has 2 unspecified atom stereocenters. The summed E-state index contributed by atoms with van der Waals surface area (Å²) in [6.07, 6.45) is 4.51. The number of anilines is 1. The van der Waals surface area contributed by atoms with Crippen LogP contribution >= 0.6 is 0 Å². The molecule has 2 aromatic rings. The van der Waals surface area contributed by atoms with Gasteiger partial charge in [-0.3, -0.25) is 0 Å². The van der Waals surface area contributed by atoms with Crippen molar-refractivity contribution >= 4 is 22.6 Å². The van der Waals surface area contributed by atoms with Crippen LogP contribution in [0.15, 0.2) is 30.5 Å². The molecule has 5 heteroatoms. The molecular weight excluding hydrogens is 268 g/mol. The molecule has 0 radical (unpaired) electrons. The molecule has 1 saturated carbocycles. The van der Waals surface area contributed by atoms with Gasteiger partial charge in [0.25, 0.3) is 0 Å². The summed E-state index contributed by atoms with van der Waals surface area (Å²) in [6, 6.07) is 7.56. The van der Waals surface area contributed by atoms with Crippen molar-refractivity contribution in [1.29, 1.82) is 0 Å². The van der Waals surface area contributed by atoms with Gasteiger partial charge in [-0.05, 0) is 12.8 Å². The number of carbonyl (C=O) groups is 1. The molecule has 2 atom stereocenters. The average molecular weight is 286 g/mol. The van der Waals surface area contributed by atoms with E-state index in [-0.39, 0.29) is 24.1 Å². The third-order valence-electron chi connectivity index (χ3n) is 4.24. The van der Waals surface area contributed by atoms with Crippen LogP contribution in [0.5, 0.6) is 0 Å². The van der Waals surface area contributed by atoms with Gasteiger partial charge in [0.15, 0.2) is 0 Å². The van der Waals surface area contributed by atoms with Gasteiger partial charge in [-0.25, -0.2) is 9.78 Å². The SMILES string of the molecule is O=C(O)c1cnc(NC2CCCC2CO)c2ccccc12. The maximum Gasteiger partial charge on any atom is 0.337 e. The van der Waals surface area contributed by atoms with E-state index in [4.69, 9.17) is 0 Å². The zero-order valence-corrected chi connectivity index (χ0v) is 11.6. The Kier molecular flexibility index (Phi) is 3.75. The first-order valence-corrected chi connectivity index (χ1v) is 7.19. The Labute approximate surface area is 122 Å². The molecule has 0 bridgehead atoms. The van der Waals surface area contributed by atoms with E-state index in [1.54, 1.807) is 6.07 Å². The van der Waals surface area contributed by atoms with Gasteiger partial charge in [-0.15, -0.1) is 0 Å². The molecule has 3 rings (SSSR count). The van der Waals surface area contributed by atoms with Gasteiger partial charge in [0.2, 0.25) is 0 Å². The van der Waals surface area contributed by atoms with Crippen LogP contribution in [0.1, 0.15) is 29.6 Å². The minimum Gasteiger partial charge on any atom is -0.478 e. The number of aliphatic hydroxyl groups excluding tert-OH is 1. The summed E-state index contributed by atoms with van der Waals surface area (Å²) in [5, 5.41) is 23.5. The topological polar surface area (TPSA) is 82.5 Å². The summed E-state index contributed by atoms with van der Waals surface area (Å²) in [7, 11) is 0. The quantitative estimate of drug-likeness (QED) is 0.804. The Morgan fingerprint density at radius 1 is 1.29 bits per heavy atom. The highest BCUT2D eigenvalue weighted by atomic mass is 16.4. The number of benzene rings is 1. The molecule has 1 fully saturated rings. The number of aromatic carboxylic acids is 1. The average Bonchev–Trinajstić information content (AvgIpc) is 2.94. The molecule has 1 aliphatic carbocycles. The van der Waals surface area contributed by atoms with E-state index in [0.717, 1.165) is 24.6 Å². The number of carboxylic acids is 1. The van der Waals surface area contributed by atoms with Crippen molar-refractivity contribution in [3.8, 4) is 0 Å². The van der Waals surface area contributed by atoms with Gasteiger partial charge < -0.3 is 15.5 Å². The Bertz CT molecular complexity index is 672. The van der Waals surface area contributed by atoms with Crippen LogP contribution in [0, 0.1) is 5.92 Å². The summed E-state index contributed by atoms with van der Waals surface area (Å²) < 4.78 is 0. The van der Waals surface area contributed by atoms with Gasteiger partial charge in [-0.1, -0.05) is 30.7 Å². The predicted molar refractivity (Wildman–Crippen MR) is 80.5 cm³/mol. The lowest BCUT2D eigenvalue weighted by Crippen LogP contribution is -2.27. The fourth-order valence-corrected chi connectivity index (χ4v) is 3.10. The Balaban J connectivity index is 2.00. The number of fused-ring (bicyclic) bond motifs is 1. The predicted octanol–water partition coefficient (Wildman–Crippen LogP) is 2.51. The molecule has 1 aromatic carbocycles. The fourth-order valence-electron chi connectivity index (χ4n) is 3.10. The van der Waals surface area contributed by atoms with Crippen LogP contribution in [0.2, 0.25) is 0 Å². The van der Waals surface area contributed by atoms with Crippen LogP contribution in [0.3, 0.4) is 0 Å². The number of hydrogen-bond donors (Lipinski definition) is 3. The molecular formula is C16H18N2O3. The van der Waals surface area contributed by atoms with Crippen LogP contribution in [0.25, 0.3) is 10.8 Å². The molecule has 0 saturated heterocycles. The van der Waals surface area contributed by atoms with Crippen LogP contribution < -0.4 is 5.32 Å². The van der Waals surface area contributed by atoms with Crippen molar-refractivity contribution in [2.75, 3.05) is 11.9 Å². The first-order valence-electron chi connectivity index (χ1n) is 7.19. The van der Waals surface area contributed by atoms with Gasteiger partial charge >= 0.3 is 5.97 Å². The van der Waals surface area contributed by atoms with Gasteiger partial charge in [-0.2, -0.15) is 0 Å². The highest BCUT2D eigenvalue weighted by molar-refractivity contribution is 6.06. The van der Waals surface area contributed by atoms with Crippen LogP contribution in [-0.2, 0) is 0 Å². The zero-order chi connectivity index (χ0) is 14.8. The first kappa shape index (κ1) is 13.8. The molecule has 1 aliphatic rings. The standard InChI is InChI=1S/C16H18N2O3/c19-9-10-4-3-7-14(10)18-15-12-6-2-1-5-11(12)13(8-17-15)16(20)21/h1-2,5-6,8,10,14,19H,3-4,7,9H2,(H,17,18)(H,20,21). The Hall–Kier alpha value is -2.14. The van der Waals surface area contributed by atoms with Crippen LogP contribution in [-0.4, -0.2) is 33.8 Å². The second kappa shape index (κ2) is 5.69. The molecule has 0 aliphatic heterocycles. The minimum atomic E-state index is -0.973. The number of nitrogens with one attached hydrogen (secondary N) is 1. The summed E-state index contributed by atoms with van der Waals surface area (Å²) in [6.45, 7) is 0.169. The van der Waals surface area contributed by atoms with Gasteiger partial charge in [0.05, 0.1) is 5.56 Å². The van der Waals surface area contributed by atoms with Gasteiger partial charge in [0.1, 0.15) is 5.82 Å². The molecule has 3 N–H and O–H groups in total. The van der Waals surface area contributed by atoms with E-state index >= 15 is 0 Å². The summed E-state index contributed by atoms with van der Waals surface area (Å²) in [5.41, 5.74) is 0.210. The van der Waals surface area contributed by atoms with E-state index in [9.17, 15) is 15.0 Å². The Morgan fingerprint density at radius 2 is 2.05 bits per heavy atom. The largest absolute Gasteiger partial charge is 0.478 e. The fraction of sp³-hybridized carbons (Fsp3) is 0.375. The number of hydrogen-bond acceptors (Lipinski definition) is 4. The normalized spacial score (nSPS) is 21.6. The number of rotatable bonds is 4. The smallest absolute Gasteiger partial charge is 0.337 e. The number of pyridine rings is 1. The minimum absolute atomic E-state index is 0.169. The number of nitrogens with zero attached hydrogens (tertiary/aromatic N) is 1. The lowest BCUT2D eigenvalue weighted by Gasteiger charge is -2.20. The summed E-state index contributed by atoms with van der Waals surface area (Å²) in [5.74, 6) is -0.0370. The summed E-state index contributed by atoms with van der Waals surface area (Å²) in [4.78, 5) is 15.6. The maximum absolute atomic E-state index is 11.3. The number of aliphatic hydroxyl groups is 1. The van der Waals surface area contributed by atoms with Gasteiger partial charge in [0, 0.05) is 35.5 Å². The lowest BCUT2D eigenvalue weighted by molar-refractivity contribution is 0.0698. The van der Waals surface area contributed by atoms with Crippen molar-refractivity contribution in [1.82, 2.24) is 4.98 Å². The molecule has 1 heterocycles. The van der Waals surface area contributed by atoms with Crippen molar-refractivity contribution in [2.45, 2.75) is 25.3 Å². The zero-order valence-electron chi connectivity index (χ0n) is 11.6. The molecule has 1 aromatic heterocycles. The monoisotopic (exact) mass is 286 g/mol. The van der Waals surface area contributed by atoms with E-state index in [1.165, 1.54) is 6.20 Å². The van der Waals surface area contributed by atoms with Crippen molar-refractivity contribution in [2.24, 2.45) is 5.92 Å². The molecule has 110 valence electrons. The molecule has 21 heavy (non-hydrogen) atoms. The first-order chi connectivity index (χ1) is 10.2. The van der Waals surface area contributed by atoms with Crippen molar-refractivity contribution in [3.63, 3.8) is 0 Å². The van der Waals surface area contributed by atoms with E-state index in [0.29, 0.717) is 11.2 Å². The van der Waals surface area contributed by atoms with Crippen molar-refractivity contribution in [3.05, 3.63) is 36.0 Å².